The van der Waals surface area contributed by atoms with Crippen molar-refractivity contribution in [2.24, 2.45) is 0 Å². The van der Waals surface area contributed by atoms with E-state index in [-0.39, 0.29) is 0 Å². The molecular formula is C58H38N2O2. The van der Waals surface area contributed by atoms with Gasteiger partial charge in [0, 0.05) is 55.4 Å². The molecule has 1 aliphatic heterocycles. The molecule has 0 spiro atoms. The number of anilines is 6. The average molecular weight is 795 g/mol. The SMILES string of the molecule is c1ccc(-c2ccc(N(c3ccc(-c4cccc5c4oc4ccccc45)cc3)c3cccc4c3Oc3ccc(N(c5ccccc5)c5ccccc5)c5cccc-4c35)cc2)cc1. The first-order chi connectivity index (χ1) is 30.8. The molecule has 0 atom stereocenters. The highest BCUT2D eigenvalue weighted by atomic mass is 16.5. The number of ether oxygens (including phenoxy) is 1. The molecule has 1 aromatic heterocycles. The van der Waals surface area contributed by atoms with Gasteiger partial charge in [-0.25, -0.2) is 0 Å². The number of para-hydroxylation sites is 5. The third kappa shape index (κ3) is 5.92. The number of hydrogen-bond acceptors (Lipinski definition) is 4. The third-order valence-electron chi connectivity index (χ3n) is 12.1. The molecule has 0 N–H and O–H groups in total. The van der Waals surface area contributed by atoms with E-state index in [1.54, 1.807) is 0 Å². The molecule has 0 amide bonds. The van der Waals surface area contributed by atoms with Gasteiger partial charge in [0.15, 0.2) is 5.75 Å². The molecule has 292 valence electrons. The molecule has 12 rings (SSSR count). The van der Waals surface area contributed by atoms with Crippen LogP contribution in [0.5, 0.6) is 11.5 Å². The molecule has 62 heavy (non-hydrogen) atoms. The van der Waals surface area contributed by atoms with Gasteiger partial charge in [0.25, 0.3) is 0 Å². The van der Waals surface area contributed by atoms with Crippen molar-refractivity contribution >= 4 is 66.8 Å². The standard InChI is InChI=1S/C58H38N2O2/c1-4-15-39(16-5-1)40-29-33-44(34-30-40)60(45-35-31-41(32-36-45)46-22-12-24-49-47-21-10-11-28-54(47)61-57(46)49)53-27-14-25-50-48-23-13-26-51-52(37-38-55(56(48)51)62-58(50)53)59(42-17-6-2-7-18-42)43-19-8-3-9-20-43/h1-38H. The molecule has 0 radical (unpaired) electrons. The fourth-order valence-electron chi connectivity index (χ4n) is 9.20. The van der Waals surface area contributed by atoms with Crippen LogP contribution in [0, 0.1) is 0 Å². The van der Waals surface area contributed by atoms with Crippen LogP contribution in [0.2, 0.25) is 0 Å². The average Bonchev–Trinajstić information content (AvgIpc) is 3.73. The summed E-state index contributed by atoms with van der Waals surface area (Å²) in [7, 11) is 0. The molecule has 4 nitrogen and oxygen atoms in total. The minimum Gasteiger partial charge on any atom is -0.455 e. The molecule has 0 saturated carbocycles. The zero-order chi connectivity index (χ0) is 41.0. The van der Waals surface area contributed by atoms with Gasteiger partial charge >= 0.3 is 0 Å². The van der Waals surface area contributed by atoms with E-state index >= 15 is 0 Å². The van der Waals surface area contributed by atoms with Gasteiger partial charge < -0.3 is 19.0 Å². The molecule has 0 fully saturated rings. The summed E-state index contributed by atoms with van der Waals surface area (Å²) >= 11 is 0. The molecular weight excluding hydrogens is 757 g/mol. The summed E-state index contributed by atoms with van der Waals surface area (Å²) in [6.45, 7) is 0. The smallest absolute Gasteiger partial charge is 0.159 e. The maximum absolute atomic E-state index is 7.14. The lowest BCUT2D eigenvalue weighted by Crippen LogP contribution is -2.13. The third-order valence-corrected chi connectivity index (χ3v) is 12.1. The van der Waals surface area contributed by atoms with Gasteiger partial charge in [0.2, 0.25) is 0 Å². The van der Waals surface area contributed by atoms with E-state index in [2.05, 4.69) is 228 Å². The van der Waals surface area contributed by atoms with E-state index < -0.39 is 0 Å². The van der Waals surface area contributed by atoms with Crippen LogP contribution in [0.15, 0.2) is 235 Å². The Morgan fingerprint density at radius 2 is 0.823 bits per heavy atom. The molecule has 0 bridgehead atoms. The molecule has 1 aliphatic rings. The van der Waals surface area contributed by atoms with Crippen LogP contribution in [-0.2, 0) is 0 Å². The number of rotatable bonds is 8. The van der Waals surface area contributed by atoms with Gasteiger partial charge in [-0.05, 0) is 95.1 Å². The molecule has 0 unspecified atom stereocenters. The van der Waals surface area contributed by atoms with Crippen molar-refractivity contribution in [3.8, 4) is 44.9 Å². The van der Waals surface area contributed by atoms with Crippen molar-refractivity contribution in [1.29, 1.82) is 0 Å². The van der Waals surface area contributed by atoms with E-state index in [1.807, 2.05) is 12.1 Å². The Hall–Kier alpha value is -8.34. The van der Waals surface area contributed by atoms with Crippen LogP contribution in [0.3, 0.4) is 0 Å². The first-order valence-electron chi connectivity index (χ1n) is 21.0. The van der Waals surface area contributed by atoms with Crippen molar-refractivity contribution in [3.05, 3.63) is 231 Å². The molecule has 0 aliphatic carbocycles. The van der Waals surface area contributed by atoms with E-state index in [9.17, 15) is 0 Å². The lowest BCUT2D eigenvalue weighted by Gasteiger charge is -2.32. The zero-order valence-corrected chi connectivity index (χ0v) is 33.7. The summed E-state index contributed by atoms with van der Waals surface area (Å²) in [6.07, 6.45) is 0. The fraction of sp³-hybridized carbons (Fsp3) is 0. The fourth-order valence-corrected chi connectivity index (χ4v) is 9.20. The Morgan fingerprint density at radius 3 is 1.53 bits per heavy atom. The number of fused-ring (bicyclic) bond motifs is 5. The van der Waals surface area contributed by atoms with Crippen molar-refractivity contribution < 1.29 is 9.15 Å². The Bertz CT molecular complexity index is 3380. The normalized spacial score (nSPS) is 11.7. The largest absolute Gasteiger partial charge is 0.455 e. The molecule has 4 heteroatoms. The summed E-state index contributed by atoms with van der Waals surface area (Å²) in [5.41, 5.74) is 14.7. The molecule has 11 aromatic rings. The highest BCUT2D eigenvalue weighted by Gasteiger charge is 2.28. The van der Waals surface area contributed by atoms with Gasteiger partial charge in [-0.2, -0.15) is 0 Å². The Labute approximate surface area is 359 Å². The number of furan rings is 1. The number of nitrogens with zero attached hydrogens (tertiary/aromatic N) is 2. The number of benzene rings is 10. The van der Waals surface area contributed by atoms with Gasteiger partial charge in [-0.3, -0.25) is 0 Å². The molecule has 0 saturated heterocycles. The first-order valence-corrected chi connectivity index (χ1v) is 21.0. The van der Waals surface area contributed by atoms with Crippen molar-refractivity contribution in [2.75, 3.05) is 9.80 Å². The predicted molar refractivity (Wildman–Crippen MR) is 257 cm³/mol. The second-order valence-corrected chi connectivity index (χ2v) is 15.6. The van der Waals surface area contributed by atoms with Gasteiger partial charge in [-0.15, -0.1) is 0 Å². The molecule has 10 aromatic carbocycles. The van der Waals surface area contributed by atoms with Crippen molar-refractivity contribution in [3.63, 3.8) is 0 Å². The number of hydrogen-bond donors (Lipinski definition) is 0. The summed E-state index contributed by atoms with van der Waals surface area (Å²) in [6, 6.07) is 81.3. The first kappa shape index (κ1) is 35.6. The van der Waals surface area contributed by atoms with E-state index in [0.717, 1.165) is 106 Å². The lowest BCUT2D eigenvalue weighted by molar-refractivity contribution is 0.488. The maximum atomic E-state index is 7.14. The van der Waals surface area contributed by atoms with Crippen molar-refractivity contribution in [1.82, 2.24) is 0 Å². The Kier molecular flexibility index (Phi) is 8.46. The van der Waals surface area contributed by atoms with E-state index in [4.69, 9.17) is 9.15 Å². The lowest BCUT2D eigenvalue weighted by atomic mass is 9.92. The summed E-state index contributed by atoms with van der Waals surface area (Å²) in [5, 5.41) is 4.45. The van der Waals surface area contributed by atoms with Crippen LogP contribution in [0.4, 0.5) is 34.1 Å². The van der Waals surface area contributed by atoms with Crippen molar-refractivity contribution in [2.45, 2.75) is 0 Å². The summed E-state index contributed by atoms with van der Waals surface area (Å²) < 4.78 is 13.6. The zero-order valence-electron chi connectivity index (χ0n) is 33.7. The van der Waals surface area contributed by atoms with Crippen LogP contribution < -0.4 is 14.5 Å². The predicted octanol–water partition coefficient (Wildman–Crippen LogP) is 16.8. The summed E-state index contributed by atoms with van der Waals surface area (Å²) in [4.78, 5) is 4.64. The van der Waals surface area contributed by atoms with E-state index in [0.29, 0.717) is 0 Å². The second-order valence-electron chi connectivity index (χ2n) is 15.6. The van der Waals surface area contributed by atoms with Crippen LogP contribution >= 0.6 is 0 Å². The maximum Gasteiger partial charge on any atom is 0.159 e. The highest BCUT2D eigenvalue weighted by Crippen LogP contribution is 2.55. The summed E-state index contributed by atoms with van der Waals surface area (Å²) in [5.74, 6) is 1.64. The quantitative estimate of drug-likeness (QED) is 0.153. The van der Waals surface area contributed by atoms with Crippen LogP contribution in [-0.4, -0.2) is 0 Å². The minimum atomic E-state index is 0.812. The minimum absolute atomic E-state index is 0.812. The highest BCUT2D eigenvalue weighted by molar-refractivity contribution is 6.12. The van der Waals surface area contributed by atoms with Gasteiger partial charge in [0.05, 0.1) is 11.4 Å². The van der Waals surface area contributed by atoms with Gasteiger partial charge in [-0.1, -0.05) is 158 Å². The van der Waals surface area contributed by atoms with E-state index in [1.165, 1.54) is 5.56 Å². The van der Waals surface area contributed by atoms with Crippen LogP contribution in [0.1, 0.15) is 0 Å². The second kappa shape index (κ2) is 14.7. The Morgan fingerprint density at radius 1 is 0.306 bits per heavy atom. The van der Waals surface area contributed by atoms with Crippen LogP contribution in [0.25, 0.3) is 66.1 Å². The Balaban J connectivity index is 1.00. The van der Waals surface area contributed by atoms with Gasteiger partial charge in [0.1, 0.15) is 16.9 Å². The topological polar surface area (TPSA) is 28.9 Å². The monoisotopic (exact) mass is 794 g/mol. The molecule has 2 heterocycles.